The first-order valence-electron chi connectivity index (χ1n) is 8.16. The number of carbonyl (C=O) groups is 2. The first-order valence-corrected chi connectivity index (χ1v) is 8.16. The van der Waals surface area contributed by atoms with Crippen molar-refractivity contribution >= 4 is 28.6 Å². The lowest BCUT2D eigenvalue weighted by Crippen LogP contribution is -2.13. The van der Waals surface area contributed by atoms with E-state index in [4.69, 9.17) is 5.11 Å². The normalized spacial score (nSPS) is 10.7. The summed E-state index contributed by atoms with van der Waals surface area (Å²) in [5.41, 5.74) is 3.53. The third kappa shape index (κ3) is 3.38. The standard InChI is InChI=1S/C20H14N4O3/c25-19(13-7-10-17(20(26)27)21-11-13)22-14-8-5-12(6-9-14)18-23-15-3-1-2-4-16(15)24-18/h1-11H,(H,22,25)(H,23,24)(H,26,27). The topological polar surface area (TPSA) is 108 Å². The highest BCUT2D eigenvalue weighted by Gasteiger charge is 2.10. The molecule has 4 aromatic rings. The lowest BCUT2D eigenvalue weighted by molar-refractivity contribution is 0.0690. The zero-order valence-electron chi connectivity index (χ0n) is 14.0. The Morgan fingerprint density at radius 1 is 0.963 bits per heavy atom. The number of rotatable bonds is 4. The number of carboxylic acid groups (broad SMARTS) is 1. The minimum absolute atomic E-state index is 0.110. The number of carboxylic acids is 1. The predicted octanol–water partition coefficient (Wildman–Crippen LogP) is 3.58. The fourth-order valence-corrected chi connectivity index (χ4v) is 2.66. The van der Waals surface area contributed by atoms with Gasteiger partial charge in [0.25, 0.3) is 5.91 Å². The molecule has 0 unspecified atom stereocenters. The Morgan fingerprint density at radius 3 is 2.41 bits per heavy atom. The minimum atomic E-state index is -1.14. The van der Waals surface area contributed by atoms with Crippen LogP contribution in [0.4, 0.5) is 5.69 Å². The molecule has 7 nitrogen and oxygen atoms in total. The number of carbonyl (C=O) groups excluding carboxylic acids is 1. The van der Waals surface area contributed by atoms with Gasteiger partial charge in [0.2, 0.25) is 0 Å². The van der Waals surface area contributed by atoms with Gasteiger partial charge in [-0.1, -0.05) is 12.1 Å². The second-order valence-corrected chi connectivity index (χ2v) is 5.87. The third-order valence-corrected chi connectivity index (χ3v) is 4.05. The van der Waals surface area contributed by atoms with Gasteiger partial charge >= 0.3 is 5.97 Å². The Kier molecular flexibility index (Phi) is 4.10. The number of nitrogens with one attached hydrogen (secondary N) is 2. The van der Waals surface area contributed by atoms with E-state index in [-0.39, 0.29) is 17.2 Å². The molecule has 2 heterocycles. The maximum Gasteiger partial charge on any atom is 0.354 e. The summed E-state index contributed by atoms with van der Waals surface area (Å²) in [6, 6.07) is 17.8. The van der Waals surface area contributed by atoms with Crippen LogP contribution in [0.1, 0.15) is 20.8 Å². The number of pyridine rings is 1. The number of hydrogen-bond acceptors (Lipinski definition) is 4. The molecule has 0 radical (unpaired) electrons. The molecule has 2 aromatic carbocycles. The molecule has 0 bridgehead atoms. The molecule has 0 atom stereocenters. The van der Waals surface area contributed by atoms with Crippen LogP contribution in [-0.4, -0.2) is 31.9 Å². The maximum atomic E-state index is 12.3. The number of para-hydroxylation sites is 2. The molecule has 2 aromatic heterocycles. The smallest absolute Gasteiger partial charge is 0.354 e. The molecular weight excluding hydrogens is 344 g/mol. The number of nitrogens with zero attached hydrogens (tertiary/aromatic N) is 2. The molecule has 1 amide bonds. The van der Waals surface area contributed by atoms with Crippen LogP contribution in [-0.2, 0) is 0 Å². The minimum Gasteiger partial charge on any atom is -0.477 e. The molecule has 3 N–H and O–H groups in total. The van der Waals surface area contributed by atoms with E-state index < -0.39 is 5.97 Å². The van der Waals surface area contributed by atoms with E-state index >= 15 is 0 Å². The summed E-state index contributed by atoms with van der Waals surface area (Å²) in [4.78, 5) is 34.6. The second-order valence-electron chi connectivity index (χ2n) is 5.87. The molecule has 4 rings (SSSR count). The number of aromatic amines is 1. The average molecular weight is 358 g/mol. The van der Waals surface area contributed by atoms with Gasteiger partial charge in [0.15, 0.2) is 0 Å². The van der Waals surface area contributed by atoms with Gasteiger partial charge in [0.1, 0.15) is 11.5 Å². The van der Waals surface area contributed by atoms with Crippen LogP contribution in [0.3, 0.4) is 0 Å². The third-order valence-electron chi connectivity index (χ3n) is 4.05. The van der Waals surface area contributed by atoms with Crippen molar-refractivity contribution in [1.82, 2.24) is 15.0 Å². The number of anilines is 1. The van der Waals surface area contributed by atoms with Crippen molar-refractivity contribution in [3.8, 4) is 11.4 Å². The molecule has 0 aliphatic heterocycles. The van der Waals surface area contributed by atoms with Crippen molar-refractivity contribution in [2.75, 3.05) is 5.32 Å². The largest absolute Gasteiger partial charge is 0.477 e. The van der Waals surface area contributed by atoms with E-state index in [1.165, 1.54) is 18.3 Å². The van der Waals surface area contributed by atoms with Crippen molar-refractivity contribution in [3.05, 3.63) is 78.1 Å². The van der Waals surface area contributed by atoms with E-state index in [0.717, 1.165) is 22.4 Å². The highest BCUT2D eigenvalue weighted by atomic mass is 16.4. The molecule has 0 aliphatic rings. The number of fused-ring (bicyclic) bond motifs is 1. The molecule has 0 saturated heterocycles. The lowest BCUT2D eigenvalue weighted by Gasteiger charge is -2.06. The van der Waals surface area contributed by atoms with Crippen molar-refractivity contribution in [3.63, 3.8) is 0 Å². The Labute approximate surface area is 153 Å². The van der Waals surface area contributed by atoms with Crippen LogP contribution in [0.2, 0.25) is 0 Å². The first-order chi connectivity index (χ1) is 13.1. The summed E-state index contributed by atoms with van der Waals surface area (Å²) in [5.74, 6) is -0.749. The Hall–Kier alpha value is -4.00. The van der Waals surface area contributed by atoms with Crippen LogP contribution in [0.25, 0.3) is 22.4 Å². The van der Waals surface area contributed by atoms with Crippen LogP contribution in [0.5, 0.6) is 0 Å². The van der Waals surface area contributed by atoms with Gasteiger partial charge in [-0.2, -0.15) is 0 Å². The fraction of sp³-hybridized carbons (Fsp3) is 0. The van der Waals surface area contributed by atoms with Gasteiger partial charge in [-0.25, -0.2) is 14.8 Å². The van der Waals surface area contributed by atoms with Crippen LogP contribution in [0.15, 0.2) is 66.9 Å². The van der Waals surface area contributed by atoms with E-state index in [0.29, 0.717) is 5.69 Å². The highest BCUT2D eigenvalue weighted by Crippen LogP contribution is 2.22. The highest BCUT2D eigenvalue weighted by molar-refractivity contribution is 6.04. The first kappa shape index (κ1) is 16.5. The van der Waals surface area contributed by atoms with E-state index in [9.17, 15) is 9.59 Å². The summed E-state index contributed by atoms with van der Waals surface area (Å²) in [7, 11) is 0. The zero-order valence-corrected chi connectivity index (χ0v) is 14.0. The summed E-state index contributed by atoms with van der Waals surface area (Å²) in [5, 5.41) is 11.6. The van der Waals surface area contributed by atoms with Crippen LogP contribution in [0, 0.1) is 0 Å². The van der Waals surface area contributed by atoms with E-state index in [2.05, 4.69) is 20.3 Å². The molecule has 0 spiro atoms. The van der Waals surface area contributed by atoms with E-state index in [1.54, 1.807) is 12.1 Å². The number of hydrogen-bond donors (Lipinski definition) is 3. The number of H-pyrrole nitrogens is 1. The predicted molar refractivity (Wildman–Crippen MR) is 101 cm³/mol. The van der Waals surface area contributed by atoms with Crippen molar-refractivity contribution in [2.24, 2.45) is 0 Å². The molecule has 27 heavy (non-hydrogen) atoms. The number of amides is 1. The second kappa shape index (κ2) is 6.72. The molecule has 0 saturated carbocycles. The Balaban J connectivity index is 1.50. The van der Waals surface area contributed by atoms with Gasteiger partial charge in [0, 0.05) is 17.4 Å². The maximum absolute atomic E-state index is 12.3. The Morgan fingerprint density at radius 2 is 1.74 bits per heavy atom. The van der Waals surface area contributed by atoms with Crippen molar-refractivity contribution < 1.29 is 14.7 Å². The molecule has 132 valence electrons. The van der Waals surface area contributed by atoms with Crippen molar-refractivity contribution in [2.45, 2.75) is 0 Å². The lowest BCUT2D eigenvalue weighted by atomic mass is 10.2. The van der Waals surface area contributed by atoms with Crippen molar-refractivity contribution in [1.29, 1.82) is 0 Å². The Bertz CT molecular complexity index is 1100. The fourth-order valence-electron chi connectivity index (χ4n) is 2.66. The zero-order chi connectivity index (χ0) is 18.8. The summed E-state index contributed by atoms with van der Waals surface area (Å²) >= 11 is 0. The number of aromatic carboxylic acids is 1. The summed E-state index contributed by atoms with van der Waals surface area (Å²) in [6.45, 7) is 0. The quantitative estimate of drug-likeness (QED) is 0.517. The monoisotopic (exact) mass is 358 g/mol. The summed E-state index contributed by atoms with van der Waals surface area (Å²) in [6.07, 6.45) is 1.24. The molecule has 0 fully saturated rings. The van der Waals surface area contributed by atoms with Gasteiger partial charge in [-0.15, -0.1) is 0 Å². The van der Waals surface area contributed by atoms with E-state index in [1.807, 2.05) is 36.4 Å². The van der Waals surface area contributed by atoms with Gasteiger partial charge in [0.05, 0.1) is 16.6 Å². The van der Waals surface area contributed by atoms with Crippen LogP contribution >= 0.6 is 0 Å². The van der Waals surface area contributed by atoms with Crippen LogP contribution < -0.4 is 5.32 Å². The van der Waals surface area contributed by atoms with Gasteiger partial charge < -0.3 is 15.4 Å². The molecule has 0 aliphatic carbocycles. The summed E-state index contributed by atoms with van der Waals surface area (Å²) < 4.78 is 0. The SMILES string of the molecule is O=C(Nc1ccc(-c2nc3ccccc3[nH]2)cc1)c1ccc(C(=O)O)nc1. The van der Waals surface area contributed by atoms with Gasteiger partial charge in [-0.3, -0.25) is 4.79 Å². The number of benzene rings is 2. The van der Waals surface area contributed by atoms with Gasteiger partial charge in [-0.05, 0) is 48.5 Å². The molecule has 7 heteroatoms. The number of imidazole rings is 1. The molecular formula is C20H14N4O3. The average Bonchev–Trinajstić information content (AvgIpc) is 3.13. The number of aromatic nitrogens is 3.